The first-order valence-electron chi connectivity index (χ1n) is 8.10. The highest BCUT2D eigenvalue weighted by molar-refractivity contribution is 9.10. The Morgan fingerprint density at radius 2 is 1.74 bits per heavy atom. The van der Waals surface area contributed by atoms with Gasteiger partial charge in [0.05, 0.1) is 5.25 Å². The van der Waals surface area contributed by atoms with Gasteiger partial charge in [-0.25, -0.2) is 0 Å². The largest absolute Gasteiger partial charge is 0.411 e. The van der Waals surface area contributed by atoms with E-state index >= 15 is 0 Å². The maximum atomic E-state index is 12.6. The van der Waals surface area contributed by atoms with E-state index in [1.807, 2.05) is 24.3 Å². The molecule has 1 atom stereocenters. The molecule has 1 aromatic heterocycles. The van der Waals surface area contributed by atoms with Crippen LogP contribution in [-0.2, 0) is 4.79 Å². The first-order valence-corrected chi connectivity index (χ1v) is 9.77. The second-order valence-corrected chi connectivity index (χ2v) is 7.97. The number of nitrogens with one attached hydrogen (secondary N) is 1. The van der Waals surface area contributed by atoms with Gasteiger partial charge in [0.15, 0.2) is 5.78 Å². The quantitative estimate of drug-likeness (QED) is 0.432. The van der Waals surface area contributed by atoms with Crippen LogP contribution >= 0.6 is 27.7 Å². The van der Waals surface area contributed by atoms with Crippen molar-refractivity contribution >= 4 is 45.1 Å². The summed E-state index contributed by atoms with van der Waals surface area (Å²) in [5, 5.41) is 10.7. The van der Waals surface area contributed by atoms with Crippen molar-refractivity contribution in [3.8, 4) is 11.5 Å². The lowest BCUT2D eigenvalue weighted by Gasteiger charge is -2.08. The molecule has 2 aromatic carbocycles. The molecule has 3 aromatic rings. The van der Waals surface area contributed by atoms with Crippen LogP contribution in [-0.4, -0.2) is 27.1 Å². The van der Waals surface area contributed by atoms with E-state index in [1.165, 1.54) is 18.7 Å². The van der Waals surface area contributed by atoms with Crippen molar-refractivity contribution in [2.45, 2.75) is 24.3 Å². The lowest BCUT2D eigenvalue weighted by atomic mass is 10.1. The summed E-state index contributed by atoms with van der Waals surface area (Å²) in [6.45, 7) is 3.23. The summed E-state index contributed by atoms with van der Waals surface area (Å²) in [5.74, 6) is 0.193. The number of nitrogens with zero attached hydrogens (tertiary/aromatic N) is 2. The fourth-order valence-corrected chi connectivity index (χ4v) is 3.35. The molecule has 1 amide bonds. The Balaban J connectivity index is 1.66. The summed E-state index contributed by atoms with van der Waals surface area (Å²) < 4.78 is 6.62. The minimum Gasteiger partial charge on any atom is -0.411 e. The SMILES string of the molecule is CC(=O)Nc1ccc(C(=O)C(C)Sc2nnc(-c3ccc(Br)cc3)o2)cc1. The fourth-order valence-electron chi connectivity index (χ4n) is 2.33. The molecule has 0 spiro atoms. The second-order valence-electron chi connectivity index (χ2n) is 5.76. The highest BCUT2D eigenvalue weighted by Crippen LogP contribution is 2.28. The molecule has 27 heavy (non-hydrogen) atoms. The number of benzene rings is 2. The van der Waals surface area contributed by atoms with Gasteiger partial charge in [-0.2, -0.15) is 0 Å². The van der Waals surface area contributed by atoms with Gasteiger partial charge in [-0.3, -0.25) is 9.59 Å². The van der Waals surface area contributed by atoms with Crippen LogP contribution in [0.2, 0.25) is 0 Å². The monoisotopic (exact) mass is 445 g/mol. The van der Waals surface area contributed by atoms with E-state index in [1.54, 1.807) is 31.2 Å². The molecule has 0 bridgehead atoms. The number of anilines is 1. The Morgan fingerprint density at radius 3 is 2.37 bits per heavy atom. The molecule has 0 fully saturated rings. The Morgan fingerprint density at radius 1 is 1.07 bits per heavy atom. The molecule has 6 nitrogen and oxygen atoms in total. The summed E-state index contributed by atoms with van der Waals surface area (Å²) in [4.78, 5) is 23.7. The van der Waals surface area contributed by atoms with Crippen LogP contribution in [0.15, 0.2) is 62.6 Å². The lowest BCUT2D eigenvalue weighted by molar-refractivity contribution is -0.114. The predicted molar refractivity (Wildman–Crippen MR) is 108 cm³/mol. The number of rotatable bonds is 6. The second kappa shape index (κ2) is 8.49. The number of ketones is 1. The van der Waals surface area contributed by atoms with E-state index in [9.17, 15) is 9.59 Å². The van der Waals surface area contributed by atoms with Crippen molar-refractivity contribution in [2.75, 3.05) is 5.32 Å². The van der Waals surface area contributed by atoms with Crippen LogP contribution < -0.4 is 5.32 Å². The molecular weight excluding hydrogens is 430 g/mol. The van der Waals surface area contributed by atoms with E-state index in [2.05, 4.69) is 31.4 Å². The highest BCUT2D eigenvalue weighted by atomic mass is 79.9. The molecule has 0 radical (unpaired) electrons. The van der Waals surface area contributed by atoms with E-state index in [0.29, 0.717) is 22.4 Å². The Labute approximate surface area is 168 Å². The Hall–Kier alpha value is -2.45. The first kappa shape index (κ1) is 19.3. The zero-order valence-electron chi connectivity index (χ0n) is 14.6. The van der Waals surface area contributed by atoms with E-state index in [0.717, 1.165) is 10.0 Å². The minimum absolute atomic E-state index is 0.0576. The summed E-state index contributed by atoms with van der Waals surface area (Å²) in [5.41, 5.74) is 2.01. The van der Waals surface area contributed by atoms with Gasteiger partial charge in [0.1, 0.15) is 0 Å². The Bertz CT molecular complexity index is 955. The van der Waals surface area contributed by atoms with Crippen LogP contribution in [0, 0.1) is 0 Å². The molecule has 138 valence electrons. The third-order valence-corrected chi connectivity index (χ3v) is 5.10. The van der Waals surface area contributed by atoms with Gasteiger partial charge >= 0.3 is 0 Å². The van der Waals surface area contributed by atoms with Crippen molar-refractivity contribution < 1.29 is 14.0 Å². The van der Waals surface area contributed by atoms with Crippen LogP contribution in [0.4, 0.5) is 5.69 Å². The smallest absolute Gasteiger partial charge is 0.277 e. The average molecular weight is 446 g/mol. The predicted octanol–water partition coefficient (Wildman–Crippen LogP) is 4.82. The topological polar surface area (TPSA) is 85.1 Å². The van der Waals surface area contributed by atoms with Gasteiger partial charge in [0.25, 0.3) is 5.22 Å². The maximum Gasteiger partial charge on any atom is 0.277 e. The third-order valence-electron chi connectivity index (χ3n) is 3.63. The fraction of sp³-hybridized carbons (Fsp3) is 0.158. The van der Waals surface area contributed by atoms with Gasteiger partial charge in [-0.05, 0) is 55.5 Å². The molecule has 0 saturated heterocycles. The molecule has 8 heteroatoms. The van der Waals surface area contributed by atoms with Crippen LogP contribution in [0.1, 0.15) is 24.2 Å². The molecule has 0 saturated carbocycles. The van der Waals surface area contributed by atoms with Crippen molar-refractivity contribution in [3.63, 3.8) is 0 Å². The number of carbonyl (C=O) groups excluding carboxylic acids is 2. The molecule has 3 rings (SSSR count). The first-order chi connectivity index (χ1) is 12.9. The molecule has 1 unspecified atom stereocenters. The number of hydrogen-bond donors (Lipinski definition) is 1. The maximum absolute atomic E-state index is 12.6. The number of amides is 1. The van der Waals surface area contributed by atoms with Crippen LogP contribution in [0.25, 0.3) is 11.5 Å². The Kier molecular flexibility index (Phi) is 6.08. The third kappa shape index (κ3) is 5.05. The van der Waals surface area contributed by atoms with Crippen molar-refractivity contribution in [3.05, 3.63) is 58.6 Å². The highest BCUT2D eigenvalue weighted by Gasteiger charge is 2.20. The zero-order chi connectivity index (χ0) is 19.4. The molecule has 0 aliphatic heterocycles. The number of thioether (sulfide) groups is 1. The number of carbonyl (C=O) groups is 2. The number of aromatic nitrogens is 2. The summed E-state index contributed by atoms with van der Waals surface area (Å²) in [7, 11) is 0. The normalized spacial score (nSPS) is 11.8. The van der Waals surface area contributed by atoms with Gasteiger partial charge in [-0.1, -0.05) is 27.7 Å². The number of hydrogen-bond acceptors (Lipinski definition) is 6. The van der Waals surface area contributed by atoms with E-state index < -0.39 is 5.25 Å². The van der Waals surface area contributed by atoms with Crippen molar-refractivity contribution in [1.82, 2.24) is 10.2 Å². The number of Topliss-reactive ketones (excluding diaryl/α,β-unsaturated/α-hetero) is 1. The zero-order valence-corrected chi connectivity index (χ0v) is 17.0. The molecular formula is C19H16BrN3O3S. The van der Waals surface area contributed by atoms with Crippen LogP contribution in [0.5, 0.6) is 0 Å². The van der Waals surface area contributed by atoms with Gasteiger partial charge in [0.2, 0.25) is 11.8 Å². The summed E-state index contributed by atoms with van der Waals surface area (Å²) >= 11 is 4.59. The molecule has 1 heterocycles. The molecule has 0 aliphatic carbocycles. The minimum atomic E-state index is -0.394. The van der Waals surface area contributed by atoms with E-state index in [-0.39, 0.29) is 11.7 Å². The summed E-state index contributed by atoms with van der Waals surface area (Å²) in [6.07, 6.45) is 0. The summed E-state index contributed by atoms with van der Waals surface area (Å²) in [6, 6.07) is 14.3. The van der Waals surface area contributed by atoms with Gasteiger partial charge in [-0.15, -0.1) is 10.2 Å². The molecule has 1 N–H and O–H groups in total. The van der Waals surface area contributed by atoms with Crippen molar-refractivity contribution in [1.29, 1.82) is 0 Å². The lowest BCUT2D eigenvalue weighted by Crippen LogP contribution is -2.13. The van der Waals surface area contributed by atoms with Gasteiger partial charge in [0, 0.05) is 28.2 Å². The average Bonchev–Trinajstić information content (AvgIpc) is 3.10. The van der Waals surface area contributed by atoms with Gasteiger partial charge < -0.3 is 9.73 Å². The molecule has 0 aliphatic rings. The standard InChI is InChI=1S/C19H16BrN3O3S/c1-11(17(25)13-5-9-16(10-6-13)21-12(2)24)27-19-23-22-18(26-19)14-3-7-15(20)8-4-14/h3-11H,1-2H3,(H,21,24). The number of halogens is 1. The van der Waals surface area contributed by atoms with Crippen LogP contribution in [0.3, 0.4) is 0 Å². The van der Waals surface area contributed by atoms with E-state index in [4.69, 9.17) is 4.42 Å². The van der Waals surface area contributed by atoms with Crippen molar-refractivity contribution in [2.24, 2.45) is 0 Å².